The van der Waals surface area contributed by atoms with Gasteiger partial charge in [0.05, 0.1) is 5.56 Å². The summed E-state index contributed by atoms with van der Waals surface area (Å²) in [6, 6.07) is 4.61. The molecular weight excluding hydrogens is 281 g/mol. The van der Waals surface area contributed by atoms with E-state index in [4.69, 9.17) is 0 Å². The molecule has 1 aromatic carbocycles. The number of urea groups is 1. The molecule has 0 fully saturated rings. The van der Waals surface area contributed by atoms with Crippen LogP contribution in [-0.2, 0) is 12.7 Å². The van der Waals surface area contributed by atoms with Crippen LogP contribution in [0.25, 0.3) is 0 Å². The Morgan fingerprint density at radius 1 is 1.24 bits per heavy atom. The normalized spacial score (nSPS) is 11.6. The molecule has 0 aliphatic heterocycles. The number of halogens is 3. The number of alkyl halides is 3. The summed E-state index contributed by atoms with van der Waals surface area (Å²) >= 11 is 0. The molecule has 1 rings (SSSR count). The molecule has 3 nitrogen and oxygen atoms in total. The van der Waals surface area contributed by atoms with E-state index in [9.17, 15) is 18.0 Å². The number of benzene rings is 1. The molecule has 1 aromatic rings. The number of carbonyl (C=O) groups excluding carboxylic acids is 1. The minimum absolute atomic E-state index is 0.226. The Balaban J connectivity index is 2.50. The number of nitrogens with one attached hydrogen (secondary N) is 1. The summed E-state index contributed by atoms with van der Waals surface area (Å²) in [5.74, 6) is 0.505. The van der Waals surface area contributed by atoms with E-state index in [1.165, 1.54) is 17.0 Å². The molecule has 21 heavy (non-hydrogen) atoms. The Kier molecular flexibility index (Phi) is 6.05. The summed E-state index contributed by atoms with van der Waals surface area (Å²) in [6.45, 7) is 5.00. The van der Waals surface area contributed by atoms with Crippen LogP contribution in [0.3, 0.4) is 0 Å². The molecule has 0 aromatic heterocycles. The highest BCUT2D eigenvalue weighted by molar-refractivity contribution is 5.73. The third-order valence-corrected chi connectivity index (χ3v) is 3.05. The minimum atomic E-state index is -4.33. The van der Waals surface area contributed by atoms with E-state index >= 15 is 0 Å². The number of carbonyl (C=O) groups is 1. The summed E-state index contributed by atoms with van der Waals surface area (Å²) < 4.78 is 37.3. The Morgan fingerprint density at radius 3 is 2.29 bits per heavy atom. The number of amides is 2. The minimum Gasteiger partial charge on any atom is -0.338 e. The van der Waals surface area contributed by atoms with Crippen LogP contribution in [0.2, 0.25) is 0 Å². The molecule has 0 unspecified atom stereocenters. The van der Waals surface area contributed by atoms with Gasteiger partial charge in [-0.3, -0.25) is 0 Å². The highest BCUT2D eigenvalue weighted by Gasteiger charge is 2.29. The largest absolute Gasteiger partial charge is 0.416 e. The fourth-order valence-electron chi connectivity index (χ4n) is 1.75. The van der Waals surface area contributed by atoms with E-state index in [1.54, 1.807) is 7.05 Å². The van der Waals surface area contributed by atoms with Crippen molar-refractivity contribution in [3.05, 3.63) is 35.4 Å². The van der Waals surface area contributed by atoms with Gasteiger partial charge in [0.15, 0.2) is 0 Å². The molecule has 1 N–H and O–H groups in total. The van der Waals surface area contributed by atoms with Gasteiger partial charge in [0.2, 0.25) is 0 Å². The van der Waals surface area contributed by atoms with E-state index in [1.807, 2.05) is 0 Å². The molecule has 0 atom stereocenters. The Bertz CT molecular complexity index is 455. The Hall–Kier alpha value is -1.72. The van der Waals surface area contributed by atoms with Gasteiger partial charge < -0.3 is 10.2 Å². The van der Waals surface area contributed by atoms with Gasteiger partial charge in [-0.2, -0.15) is 13.2 Å². The van der Waals surface area contributed by atoms with Gasteiger partial charge in [0.25, 0.3) is 0 Å². The van der Waals surface area contributed by atoms with Crippen molar-refractivity contribution in [2.45, 2.75) is 33.0 Å². The molecule has 0 spiro atoms. The molecule has 0 aliphatic carbocycles. The summed E-state index contributed by atoms with van der Waals surface area (Å²) in [5.41, 5.74) is -0.0280. The van der Waals surface area contributed by atoms with Gasteiger partial charge in [0.1, 0.15) is 0 Å². The second-order valence-corrected chi connectivity index (χ2v) is 5.47. The molecule has 0 aliphatic rings. The average Bonchev–Trinajstić information content (AvgIpc) is 2.37. The summed E-state index contributed by atoms with van der Waals surface area (Å²) in [4.78, 5) is 13.2. The van der Waals surface area contributed by atoms with Crippen molar-refractivity contribution in [2.75, 3.05) is 13.6 Å². The Morgan fingerprint density at radius 2 is 1.81 bits per heavy atom. The molecule has 0 heterocycles. The van der Waals surface area contributed by atoms with E-state index in [2.05, 4.69) is 19.2 Å². The predicted molar refractivity (Wildman–Crippen MR) is 75.8 cm³/mol. The van der Waals surface area contributed by atoms with Crippen LogP contribution in [0.5, 0.6) is 0 Å². The predicted octanol–water partition coefficient (Wildman–Crippen LogP) is 3.89. The third-order valence-electron chi connectivity index (χ3n) is 3.05. The summed E-state index contributed by atoms with van der Waals surface area (Å²) in [7, 11) is 1.61. The molecule has 6 heteroatoms. The number of hydrogen-bond donors (Lipinski definition) is 1. The van der Waals surface area contributed by atoms with Gasteiger partial charge in [0, 0.05) is 20.1 Å². The van der Waals surface area contributed by atoms with Crippen molar-refractivity contribution in [3.63, 3.8) is 0 Å². The second-order valence-electron chi connectivity index (χ2n) is 5.47. The number of nitrogens with zero attached hydrogens (tertiary/aromatic N) is 1. The van der Waals surface area contributed by atoms with Crippen molar-refractivity contribution in [3.8, 4) is 0 Å². The van der Waals surface area contributed by atoms with Crippen LogP contribution < -0.4 is 5.32 Å². The maximum absolute atomic E-state index is 12.4. The van der Waals surface area contributed by atoms with E-state index < -0.39 is 11.7 Å². The summed E-state index contributed by atoms with van der Waals surface area (Å²) in [5, 5.41) is 2.78. The SMILES string of the molecule is CC(C)CCNC(=O)N(C)Cc1ccc(C(F)(F)F)cc1. The molecule has 0 saturated heterocycles. The monoisotopic (exact) mass is 302 g/mol. The van der Waals surface area contributed by atoms with Gasteiger partial charge in [-0.05, 0) is 30.0 Å². The van der Waals surface area contributed by atoms with Crippen molar-refractivity contribution < 1.29 is 18.0 Å². The average molecular weight is 302 g/mol. The zero-order valence-electron chi connectivity index (χ0n) is 12.5. The van der Waals surface area contributed by atoms with E-state index in [0.29, 0.717) is 18.0 Å². The highest BCUT2D eigenvalue weighted by Crippen LogP contribution is 2.29. The first-order valence-corrected chi connectivity index (χ1v) is 6.85. The molecular formula is C15H21F3N2O. The summed E-state index contributed by atoms with van der Waals surface area (Å²) in [6.07, 6.45) is -3.45. The van der Waals surface area contributed by atoms with Crippen LogP contribution in [0.1, 0.15) is 31.4 Å². The quantitative estimate of drug-likeness (QED) is 0.879. The fraction of sp³-hybridized carbons (Fsp3) is 0.533. The highest BCUT2D eigenvalue weighted by atomic mass is 19.4. The first-order valence-electron chi connectivity index (χ1n) is 6.85. The number of rotatable bonds is 5. The van der Waals surface area contributed by atoms with Crippen molar-refractivity contribution in [1.29, 1.82) is 0 Å². The smallest absolute Gasteiger partial charge is 0.338 e. The van der Waals surface area contributed by atoms with Crippen LogP contribution in [0.15, 0.2) is 24.3 Å². The third kappa shape index (κ3) is 6.06. The lowest BCUT2D eigenvalue weighted by Crippen LogP contribution is -2.37. The van der Waals surface area contributed by atoms with Crippen LogP contribution >= 0.6 is 0 Å². The Labute approximate surface area is 123 Å². The van der Waals surface area contributed by atoms with Crippen LogP contribution in [-0.4, -0.2) is 24.5 Å². The van der Waals surface area contributed by atoms with Crippen LogP contribution in [0.4, 0.5) is 18.0 Å². The maximum atomic E-state index is 12.4. The molecule has 0 bridgehead atoms. The molecule has 0 radical (unpaired) electrons. The first kappa shape index (κ1) is 17.3. The first-order chi connectivity index (χ1) is 9.70. The lowest BCUT2D eigenvalue weighted by atomic mass is 10.1. The van der Waals surface area contributed by atoms with Crippen LogP contribution in [0, 0.1) is 5.92 Å². The molecule has 118 valence electrons. The molecule has 2 amide bonds. The zero-order valence-corrected chi connectivity index (χ0v) is 12.5. The lowest BCUT2D eigenvalue weighted by Gasteiger charge is -2.19. The topological polar surface area (TPSA) is 32.3 Å². The van der Waals surface area contributed by atoms with Gasteiger partial charge in [-0.1, -0.05) is 26.0 Å². The number of hydrogen-bond acceptors (Lipinski definition) is 1. The maximum Gasteiger partial charge on any atom is 0.416 e. The fourth-order valence-corrected chi connectivity index (χ4v) is 1.75. The van der Waals surface area contributed by atoms with Crippen molar-refractivity contribution >= 4 is 6.03 Å². The second kappa shape index (κ2) is 7.33. The van der Waals surface area contributed by atoms with Crippen molar-refractivity contribution in [1.82, 2.24) is 10.2 Å². The van der Waals surface area contributed by atoms with Gasteiger partial charge >= 0.3 is 12.2 Å². The zero-order chi connectivity index (χ0) is 16.0. The van der Waals surface area contributed by atoms with Gasteiger partial charge in [-0.25, -0.2) is 4.79 Å². The molecule has 0 saturated carbocycles. The van der Waals surface area contributed by atoms with E-state index in [-0.39, 0.29) is 12.6 Å². The van der Waals surface area contributed by atoms with Crippen molar-refractivity contribution in [2.24, 2.45) is 5.92 Å². The lowest BCUT2D eigenvalue weighted by molar-refractivity contribution is -0.137. The van der Waals surface area contributed by atoms with E-state index in [0.717, 1.165) is 18.6 Å². The standard InChI is InChI=1S/C15H21F3N2O/c1-11(2)8-9-19-14(21)20(3)10-12-4-6-13(7-5-12)15(16,17)18/h4-7,11H,8-10H2,1-3H3,(H,19,21). The van der Waals surface area contributed by atoms with Gasteiger partial charge in [-0.15, -0.1) is 0 Å².